The number of amides is 1. The van der Waals surface area contributed by atoms with Gasteiger partial charge in [-0.05, 0) is 57.9 Å². The van der Waals surface area contributed by atoms with E-state index in [2.05, 4.69) is 53.1 Å². The standard InChI is InChI=1S/C14H9Br3FNO/c15-9-1-3-13(17)11(6-9)14(20)19-7-8-5-10(18)2-4-12(8)16/h1-6H,7H2,(H,19,20). The molecule has 20 heavy (non-hydrogen) atoms. The first-order valence-corrected chi connectivity index (χ1v) is 8.02. The molecular formula is C14H9Br3FNO. The molecule has 0 radical (unpaired) electrons. The summed E-state index contributed by atoms with van der Waals surface area (Å²) in [5, 5.41) is 2.76. The number of nitrogens with one attached hydrogen (secondary N) is 1. The Balaban J connectivity index is 2.12. The van der Waals surface area contributed by atoms with Gasteiger partial charge in [-0.2, -0.15) is 0 Å². The Labute approximate surface area is 141 Å². The van der Waals surface area contributed by atoms with Crippen LogP contribution < -0.4 is 5.32 Å². The van der Waals surface area contributed by atoms with Crippen molar-refractivity contribution in [1.29, 1.82) is 0 Å². The average Bonchev–Trinajstić information content (AvgIpc) is 2.42. The summed E-state index contributed by atoms with van der Waals surface area (Å²) in [7, 11) is 0. The van der Waals surface area contributed by atoms with Crippen LogP contribution in [-0.2, 0) is 6.54 Å². The number of carbonyl (C=O) groups is 1. The van der Waals surface area contributed by atoms with Gasteiger partial charge in [0.1, 0.15) is 5.82 Å². The molecule has 0 saturated carbocycles. The molecule has 0 heterocycles. The van der Waals surface area contributed by atoms with Gasteiger partial charge in [0.25, 0.3) is 5.91 Å². The lowest BCUT2D eigenvalue weighted by Crippen LogP contribution is -2.23. The van der Waals surface area contributed by atoms with Crippen molar-refractivity contribution in [2.75, 3.05) is 0 Å². The number of rotatable bonds is 3. The number of carbonyl (C=O) groups excluding carboxylic acids is 1. The molecule has 2 aromatic rings. The van der Waals surface area contributed by atoms with Gasteiger partial charge in [0.15, 0.2) is 0 Å². The zero-order valence-corrected chi connectivity index (χ0v) is 14.8. The van der Waals surface area contributed by atoms with Gasteiger partial charge in [-0.3, -0.25) is 4.79 Å². The fraction of sp³-hybridized carbons (Fsp3) is 0.0714. The van der Waals surface area contributed by atoms with Crippen molar-refractivity contribution in [3.63, 3.8) is 0 Å². The van der Waals surface area contributed by atoms with Crippen LogP contribution in [0.5, 0.6) is 0 Å². The van der Waals surface area contributed by atoms with Gasteiger partial charge in [-0.15, -0.1) is 0 Å². The van der Waals surface area contributed by atoms with E-state index in [1.165, 1.54) is 12.1 Å². The molecule has 2 nitrogen and oxygen atoms in total. The summed E-state index contributed by atoms with van der Waals surface area (Å²) < 4.78 is 15.4. The molecule has 0 atom stereocenters. The SMILES string of the molecule is O=C(NCc1cc(F)ccc1Br)c1cc(Br)ccc1Br. The van der Waals surface area contributed by atoms with Crippen molar-refractivity contribution < 1.29 is 9.18 Å². The molecule has 6 heteroatoms. The Hall–Kier alpha value is -0.720. The molecule has 0 aliphatic rings. The van der Waals surface area contributed by atoms with E-state index in [0.29, 0.717) is 15.6 Å². The largest absolute Gasteiger partial charge is 0.348 e. The molecule has 0 aliphatic heterocycles. The fourth-order valence-electron chi connectivity index (χ4n) is 1.62. The average molecular weight is 466 g/mol. The van der Waals surface area contributed by atoms with Crippen molar-refractivity contribution in [3.8, 4) is 0 Å². The highest BCUT2D eigenvalue weighted by Crippen LogP contribution is 2.22. The van der Waals surface area contributed by atoms with Crippen LogP contribution in [0.4, 0.5) is 4.39 Å². The quantitative estimate of drug-likeness (QED) is 0.675. The molecular weight excluding hydrogens is 457 g/mol. The third kappa shape index (κ3) is 3.90. The number of hydrogen-bond acceptors (Lipinski definition) is 1. The van der Waals surface area contributed by atoms with E-state index in [4.69, 9.17) is 0 Å². The smallest absolute Gasteiger partial charge is 0.252 e. The van der Waals surface area contributed by atoms with Gasteiger partial charge in [0.2, 0.25) is 0 Å². The molecule has 104 valence electrons. The Morgan fingerprint density at radius 3 is 2.50 bits per heavy atom. The van der Waals surface area contributed by atoms with Crippen LogP contribution in [0.2, 0.25) is 0 Å². The van der Waals surface area contributed by atoms with Crippen LogP contribution >= 0.6 is 47.8 Å². The van der Waals surface area contributed by atoms with E-state index < -0.39 is 0 Å². The maximum Gasteiger partial charge on any atom is 0.252 e. The minimum Gasteiger partial charge on any atom is -0.348 e. The Bertz CT molecular complexity index is 661. The summed E-state index contributed by atoms with van der Waals surface area (Å²) in [4.78, 5) is 12.1. The first-order chi connectivity index (χ1) is 9.47. The normalized spacial score (nSPS) is 10.4. The molecule has 0 spiro atoms. The molecule has 1 N–H and O–H groups in total. The minimum atomic E-state index is -0.332. The van der Waals surface area contributed by atoms with Crippen LogP contribution in [0.25, 0.3) is 0 Å². The Morgan fingerprint density at radius 2 is 1.75 bits per heavy atom. The van der Waals surface area contributed by atoms with Gasteiger partial charge >= 0.3 is 0 Å². The van der Waals surface area contributed by atoms with Gasteiger partial charge < -0.3 is 5.32 Å². The van der Waals surface area contributed by atoms with Crippen LogP contribution in [0.1, 0.15) is 15.9 Å². The fourth-order valence-corrected chi connectivity index (χ4v) is 2.80. The van der Waals surface area contributed by atoms with Crippen molar-refractivity contribution in [2.24, 2.45) is 0 Å². The van der Waals surface area contributed by atoms with E-state index >= 15 is 0 Å². The van der Waals surface area contributed by atoms with Crippen LogP contribution in [-0.4, -0.2) is 5.91 Å². The minimum absolute atomic E-state index is 0.227. The number of halogens is 4. The molecule has 2 rings (SSSR count). The van der Waals surface area contributed by atoms with E-state index in [1.807, 2.05) is 6.07 Å². The zero-order chi connectivity index (χ0) is 14.7. The Kier molecular flexibility index (Phi) is 5.35. The van der Waals surface area contributed by atoms with Gasteiger partial charge in [-0.25, -0.2) is 4.39 Å². The molecule has 0 unspecified atom stereocenters. The highest BCUT2D eigenvalue weighted by atomic mass is 79.9. The van der Waals surface area contributed by atoms with Crippen LogP contribution in [0, 0.1) is 5.82 Å². The lowest BCUT2D eigenvalue weighted by molar-refractivity contribution is 0.0950. The van der Waals surface area contributed by atoms with E-state index in [9.17, 15) is 9.18 Å². The molecule has 0 saturated heterocycles. The van der Waals surface area contributed by atoms with Crippen LogP contribution in [0.3, 0.4) is 0 Å². The number of hydrogen-bond donors (Lipinski definition) is 1. The van der Waals surface area contributed by atoms with Crippen LogP contribution in [0.15, 0.2) is 49.8 Å². The second kappa shape index (κ2) is 6.83. The van der Waals surface area contributed by atoms with Gasteiger partial charge in [-0.1, -0.05) is 31.9 Å². The molecule has 0 aliphatic carbocycles. The molecule has 2 aromatic carbocycles. The highest BCUT2D eigenvalue weighted by Gasteiger charge is 2.11. The van der Waals surface area contributed by atoms with E-state index in [-0.39, 0.29) is 18.3 Å². The van der Waals surface area contributed by atoms with E-state index in [0.717, 1.165) is 8.95 Å². The molecule has 0 bridgehead atoms. The first kappa shape index (κ1) is 15.7. The second-order valence-electron chi connectivity index (χ2n) is 4.04. The Morgan fingerprint density at radius 1 is 1.05 bits per heavy atom. The third-order valence-corrected chi connectivity index (χ3v) is 4.58. The molecule has 1 amide bonds. The maximum atomic E-state index is 13.2. The van der Waals surface area contributed by atoms with E-state index in [1.54, 1.807) is 18.2 Å². The predicted molar refractivity (Wildman–Crippen MR) is 87.1 cm³/mol. The summed E-state index contributed by atoms with van der Waals surface area (Å²) in [6, 6.07) is 9.72. The number of benzene rings is 2. The highest BCUT2D eigenvalue weighted by molar-refractivity contribution is 9.11. The lowest BCUT2D eigenvalue weighted by atomic mass is 10.2. The summed E-state index contributed by atoms with van der Waals surface area (Å²) in [5.74, 6) is -0.560. The monoisotopic (exact) mass is 463 g/mol. The topological polar surface area (TPSA) is 29.1 Å². The lowest BCUT2D eigenvalue weighted by Gasteiger charge is -2.09. The summed E-state index contributed by atoms with van der Waals surface area (Å²) in [6.07, 6.45) is 0. The molecule has 0 fully saturated rings. The summed E-state index contributed by atoms with van der Waals surface area (Å²) in [6.45, 7) is 0.246. The first-order valence-electron chi connectivity index (χ1n) is 5.64. The third-order valence-electron chi connectivity index (χ3n) is 2.62. The molecule has 0 aromatic heterocycles. The van der Waals surface area contributed by atoms with Crippen molar-refractivity contribution in [1.82, 2.24) is 5.32 Å². The summed E-state index contributed by atoms with van der Waals surface area (Å²) in [5.41, 5.74) is 1.20. The van der Waals surface area contributed by atoms with Gasteiger partial charge in [0.05, 0.1) is 5.56 Å². The second-order valence-corrected chi connectivity index (χ2v) is 6.67. The van der Waals surface area contributed by atoms with Gasteiger partial charge in [0, 0.05) is 20.0 Å². The predicted octanol–water partition coefficient (Wildman–Crippen LogP) is 5.04. The maximum absolute atomic E-state index is 13.2. The van der Waals surface area contributed by atoms with Crippen molar-refractivity contribution in [3.05, 3.63) is 66.8 Å². The van der Waals surface area contributed by atoms with Crippen molar-refractivity contribution in [2.45, 2.75) is 6.54 Å². The summed E-state index contributed by atoms with van der Waals surface area (Å²) >= 11 is 9.98. The van der Waals surface area contributed by atoms with Crippen molar-refractivity contribution >= 4 is 53.7 Å². The zero-order valence-electron chi connectivity index (χ0n) is 10.1.